The Morgan fingerprint density at radius 1 is 1.31 bits per heavy atom. The Kier molecular flexibility index (Phi) is 2.77. The van der Waals surface area contributed by atoms with Crippen LogP contribution in [0.5, 0.6) is 5.75 Å². The highest BCUT2D eigenvalue weighted by atomic mass is 16.5. The van der Waals surface area contributed by atoms with E-state index in [9.17, 15) is 4.79 Å². The number of hydrogen-bond donors (Lipinski definition) is 1. The van der Waals surface area contributed by atoms with Crippen molar-refractivity contribution >= 4 is 16.7 Å². The minimum atomic E-state index is -0.825. The van der Waals surface area contributed by atoms with Crippen molar-refractivity contribution in [3.63, 3.8) is 0 Å². The summed E-state index contributed by atoms with van der Waals surface area (Å²) in [7, 11) is 1.61. The zero-order valence-corrected chi connectivity index (χ0v) is 8.93. The Morgan fingerprint density at radius 3 is 2.81 bits per heavy atom. The molecule has 3 nitrogen and oxygen atoms in total. The van der Waals surface area contributed by atoms with Crippen LogP contribution in [0.4, 0.5) is 0 Å². The highest BCUT2D eigenvalue weighted by Crippen LogP contribution is 2.26. The largest absolute Gasteiger partial charge is 0.496 e. The zero-order chi connectivity index (χ0) is 11.5. The van der Waals surface area contributed by atoms with Crippen LogP contribution in [0.15, 0.2) is 36.4 Å². The molecule has 2 aromatic rings. The van der Waals surface area contributed by atoms with E-state index < -0.39 is 5.97 Å². The molecule has 82 valence electrons. The van der Waals surface area contributed by atoms with Crippen LogP contribution >= 0.6 is 0 Å². The molecule has 0 unspecified atom stereocenters. The molecule has 0 amide bonds. The summed E-state index contributed by atoms with van der Waals surface area (Å²) < 4.78 is 5.24. The third-order valence-corrected chi connectivity index (χ3v) is 2.48. The van der Waals surface area contributed by atoms with Gasteiger partial charge in [0.1, 0.15) is 5.75 Å². The monoisotopic (exact) mass is 216 g/mol. The zero-order valence-electron chi connectivity index (χ0n) is 8.93. The number of ether oxygens (including phenoxy) is 1. The van der Waals surface area contributed by atoms with Gasteiger partial charge in [0.15, 0.2) is 0 Å². The van der Waals surface area contributed by atoms with Crippen molar-refractivity contribution in [3.8, 4) is 5.75 Å². The molecule has 0 fully saturated rings. The number of carboxylic acids is 1. The van der Waals surface area contributed by atoms with Gasteiger partial charge in [-0.25, -0.2) is 0 Å². The maximum absolute atomic E-state index is 10.6. The molecule has 0 saturated carbocycles. The molecule has 3 heteroatoms. The third-order valence-electron chi connectivity index (χ3n) is 2.48. The van der Waals surface area contributed by atoms with E-state index in [1.54, 1.807) is 7.11 Å². The van der Waals surface area contributed by atoms with Crippen LogP contribution in [0.3, 0.4) is 0 Å². The highest BCUT2D eigenvalue weighted by Gasteiger charge is 2.04. The first-order valence-corrected chi connectivity index (χ1v) is 4.98. The molecule has 0 spiro atoms. The number of carboxylic acid groups (broad SMARTS) is 1. The molecule has 0 aliphatic heterocycles. The van der Waals surface area contributed by atoms with Crippen LogP contribution < -0.4 is 4.74 Å². The SMILES string of the molecule is COc1cccc2ccc(CC(=O)O)cc12. The summed E-state index contributed by atoms with van der Waals surface area (Å²) in [5.41, 5.74) is 0.782. The second-order valence-corrected chi connectivity index (χ2v) is 3.59. The van der Waals surface area contributed by atoms with Crippen LogP contribution in [0.25, 0.3) is 10.8 Å². The Bertz CT molecular complexity index is 532. The Labute approximate surface area is 93.3 Å². The van der Waals surface area contributed by atoms with E-state index in [4.69, 9.17) is 9.84 Å². The van der Waals surface area contributed by atoms with Gasteiger partial charge < -0.3 is 9.84 Å². The van der Waals surface area contributed by atoms with Gasteiger partial charge in [0.25, 0.3) is 0 Å². The van der Waals surface area contributed by atoms with Crippen LogP contribution in [0.2, 0.25) is 0 Å². The maximum atomic E-state index is 10.6. The summed E-state index contributed by atoms with van der Waals surface area (Å²) in [5.74, 6) is -0.0565. The molecule has 0 radical (unpaired) electrons. The average Bonchev–Trinajstić information content (AvgIpc) is 2.27. The molecule has 0 heterocycles. The number of benzene rings is 2. The van der Waals surface area contributed by atoms with Gasteiger partial charge in [0, 0.05) is 5.39 Å². The fraction of sp³-hybridized carbons (Fsp3) is 0.154. The molecule has 0 saturated heterocycles. The van der Waals surface area contributed by atoms with Crippen molar-refractivity contribution < 1.29 is 14.6 Å². The molecule has 16 heavy (non-hydrogen) atoms. The van der Waals surface area contributed by atoms with Gasteiger partial charge in [-0.3, -0.25) is 4.79 Å². The van der Waals surface area contributed by atoms with Gasteiger partial charge >= 0.3 is 5.97 Å². The van der Waals surface area contributed by atoms with E-state index in [0.717, 1.165) is 22.1 Å². The standard InChI is InChI=1S/C13H12O3/c1-16-12-4-2-3-10-6-5-9(7-11(10)12)8-13(14)15/h2-7H,8H2,1H3,(H,14,15). The van der Waals surface area contributed by atoms with Crippen LogP contribution in [0.1, 0.15) is 5.56 Å². The smallest absolute Gasteiger partial charge is 0.307 e. The van der Waals surface area contributed by atoms with E-state index in [-0.39, 0.29) is 6.42 Å². The van der Waals surface area contributed by atoms with Crippen LogP contribution in [-0.2, 0) is 11.2 Å². The van der Waals surface area contributed by atoms with Crippen LogP contribution in [-0.4, -0.2) is 18.2 Å². The van der Waals surface area contributed by atoms with E-state index >= 15 is 0 Å². The molecule has 0 aliphatic rings. The summed E-state index contributed by atoms with van der Waals surface area (Å²) in [6.07, 6.45) is 0.0357. The molecule has 0 aromatic heterocycles. The van der Waals surface area contributed by atoms with Crippen molar-refractivity contribution in [3.05, 3.63) is 42.0 Å². The van der Waals surface area contributed by atoms with Gasteiger partial charge in [0.05, 0.1) is 13.5 Å². The van der Waals surface area contributed by atoms with Gasteiger partial charge in [-0.1, -0.05) is 24.3 Å². The lowest BCUT2D eigenvalue weighted by atomic mass is 10.0. The average molecular weight is 216 g/mol. The van der Waals surface area contributed by atoms with Crippen molar-refractivity contribution in [2.45, 2.75) is 6.42 Å². The lowest BCUT2D eigenvalue weighted by Gasteiger charge is -2.06. The quantitative estimate of drug-likeness (QED) is 0.857. The van der Waals surface area contributed by atoms with E-state index in [1.165, 1.54) is 0 Å². The molecular weight excluding hydrogens is 204 g/mol. The summed E-state index contributed by atoms with van der Waals surface area (Å²) in [6.45, 7) is 0. The molecule has 0 aliphatic carbocycles. The molecule has 2 aromatic carbocycles. The predicted molar refractivity (Wildman–Crippen MR) is 61.8 cm³/mol. The summed E-state index contributed by atoms with van der Waals surface area (Å²) in [4.78, 5) is 10.6. The van der Waals surface area contributed by atoms with Gasteiger partial charge in [-0.15, -0.1) is 0 Å². The molecule has 2 rings (SSSR count). The number of hydrogen-bond acceptors (Lipinski definition) is 2. The molecule has 0 atom stereocenters. The number of rotatable bonds is 3. The maximum Gasteiger partial charge on any atom is 0.307 e. The first-order chi connectivity index (χ1) is 7.70. The molecular formula is C13H12O3. The minimum Gasteiger partial charge on any atom is -0.496 e. The first-order valence-electron chi connectivity index (χ1n) is 4.98. The predicted octanol–water partition coefficient (Wildman–Crippen LogP) is 2.48. The van der Waals surface area contributed by atoms with E-state index in [2.05, 4.69) is 0 Å². The first kappa shape index (κ1) is 10.5. The van der Waals surface area contributed by atoms with E-state index in [0.29, 0.717) is 0 Å². The third kappa shape index (κ3) is 1.98. The topological polar surface area (TPSA) is 46.5 Å². The normalized spacial score (nSPS) is 10.3. The second-order valence-electron chi connectivity index (χ2n) is 3.59. The van der Waals surface area contributed by atoms with Crippen molar-refractivity contribution in [2.24, 2.45) is 0 Å². The Morgan fingerprint density at radius 2 is 2.12 bits per heavy atom. The lowest BCUT2D eigenvalue weighted by Crippen LogP contribution is -1.99. The number of methoxy groups -OCH3 is 1. The number of carbonyl (C=O) groups is 1. The van der Waals surface area contributed by atoms with Crippen LogP contribution in [0, 0.1) is 0 Å². The summed E-state index contributed by atoms with van der Waals surface area (Å²) in [6, 6.07) is 11.4. The lowest BCUT2D eigenvalue weighted by molar-refractivity contribution is -0.136. The fourth-order valence-corrected chi connectivity index (χ4v) is 1.75. The van der Waals surface area contributed by atoms with Gasteiger partial charge in [-0.2, -0.15) is 0 Å². The number of aliphatic carboxylic acids is 1. The number of fused-ring (bicyclic) bond motifs is 1. The highest BCUT2D eigenvalue weighted by molar-refractivity contribution is 5.89. The second kappa shape index (κ2) is 4.23. The van der Waals surface area contributed by atoms with E-state index in [1.807, 2.05) is 36.4 Å². The minimum absolute atomic E-state index is 0.0357. The summed E-state index contributed by atoms with van der Waals surface area (Å²) in [5, 5.41) is 10.7. The Balaban J connectivity index is 2.54. The molecule has 0 bridgehead atoms. The van der Waals surface area contributed by atoms with Crippen molar-refractivity contribution in [1.29, 1.82) is 0 Å². The van der Waals surface area contributed by atoms with Crippen molar-refractivity contribution in [1.82, 2.24) is 0 Å². The fourth-order valence-electron chi connectivity index (χ4n) is 1.75. The molecule has 1 N–H and O–H groups in total. The van der Waals surface area contributed by atoms with Gasteiger partial charge in [0.2, 0.25) is 0 Å². The Hall–Kier alpha value is -2.03. The summed E-state index contributed by atoms with van der Waals surface area (Å²) >= 11 is 0. The van der Waals surface area contributed by atoms with Crippen molar-refractivity contribution in [2.75, 3.05) is 7.11 Å². The van der Waals surface area contributed by atoms with Gasteiger partial charge in [-0.05, 0) is 23.1 Å².